The van der Waals surface area contributed by atoms with Crippen LogP contribution in [0.1, 0.15) is 32.6 Å². The molecule has 134 valence electrons. The molecule has 1 aromatic heterocycles. The van der Waals surface area contributed by atoms with Gasteiger partial charge in [0.1, 0.15) is 0 Å². The molecule has 3 N–H and O–H groups in total. The third kappa shape index (κ3) is 2.87. The number of nitrogens with two attached hydrogens (primary N) is 1. The monoisotopic (exact) mass is 364 g/mol. The Hall–Kier alpha value is -2.13. The minimum atomic E-state index is -3.74. The fourth-order valence-electron chi connectivity index (χ4n) is 2.95. The van der Waals surface area contributed by atoms with Crippen molar-refractivity contribution in [1.29, 1.82) is 0 Å². The van der Waals surface area contributed by atoms with Crippen LogP contribution in [0.3, 0.4) is 0 Å². The summed E-state index contributed by atoms with van der Waals surface area (Å²) in [5.74, 6) is 6.02. The average Bonchev–Trinajstić information content (AvgIpc) is 3.48. The summed E-state index contributed by atoms with van der Waals surface area (Å²) < 4.78 is 29.8. The fraction of sp³-hybridized carbons (Fsp3) is 0.500. The predicted octanol–water partition coefficient (Wildman–Crippen LogP) is 0.118. The van der Waals surface area contributed by atoms with Gasteiger partial charge in [0.2, 0.25) is 10.0 Å². The SMILES string of the molecule is CC1(NS(=O)(=O)c2ccc3c(c2)c(=O)n(N)c(=O)n3CC2CC2)CC1. The molecule has 9 heteroatoms. The van der Waals surface area contributed by atoms with Gasteiger partial charge in [0, 0.05) is 12.1 Å². The maximum atomic E-state index is 12.5. The summed E-state index contributed by atoms with van der Waals surface area (Å²) in [7, 11) is -3.74. The Morgan fingerprint density at radius 1 is 1.28 bits per heavy atom. The van der Waals surface area contributed by atoms with Gasteiger partial charge in [-0.2, -0.15) is 4.68 Å². The standard InChI is InChI=1S/C16H20N4O4S/c1-16(6-7-16)18-25(23,24)11-4-5-13-12(8-11)14(21)20(17)15(22)19(13)9-10-2-3-10/h4-5,8,10,18H,2-3,6-7,9,17H2,1H3. The number of nitrogens with one attached hydrogen (secondary N) is 1. The van der Waals surface area contributed by atoms with Crippen molar-refractivity contribution in [1.82, 2.24) is 14.0 Å². The van der Waals surface area contributed by atoms with Crippen LogP contribution in [0, 0.1) is 5.92 Å². The lowest BCUT2D eigenvalue weighted by Crippen LogP contribution is -2.45. The van der Waals surface area contributed by atoms with Crippen LogP contribution in [0.5, 0.6) is 0 Å². The van der Waals surface area contributed by atoms with Gasteiger partial charge in [-0.3, -0.25) is 9.36 Å². The number of rotatable bonds is 5. The largest absolute Gasteiger partial charge is 0.350 e. The molecule has 0 saturated heterocycles. The number of hydrogen-bond donors (Lipinski definition) is 2. The maximum absolute atomic E-state index is 12.5. The fourth-order valence-corrected chi connectivity index (χ4v) is 4.44. The zero-order valence-electron chi connectivity index (χ0n) is 13.9. The Morgan fingerprint density at radius 2 is 1.96 bits per heavy atom. The normalized spacial score (nSPS) is 19.2. The lowest BCUT2D eigenvalue weighted by atomic mass is 10.2. The molecule has 2 aliphatic rings. The first-order valence-corrected chi connectivity index (χ1v) is 9.77. The van der Waals surface area contributed by atoms with E-state index >= 15 is 0 Å². The number of benzene rings is 1. The molecular formula is C16H20N4O4S. The zero-order chi connectivity index (χ0) is 18.0. The quantitative estimate of drug-likeness (QED) is 0.731. The van der Waals surface area contributed by atoms with E-state index in [1.165, 1.54) is 22.8 Å². The van der Waals surface area contributed by atoms with Gasteiger partial charge in [-0.05, 0) is 56.7 Å². The highest BCUT2D eigenvalue weighted by Gasteiger charge is 2.41. The molecule has 2 aromatic rings. The molecule has 0 unspecified atom stereocenters. The molecule has 0 radical (unpaired) electrons. The maximum Gasteiger partial charge on any atom is 0.350 e. The summed E-state index contributed by atoms with van der Waals surface area (Å²) in [5.41, 5.74) is -1.27. The number of fused-ring (bicyclic) bond motifs is 1. The zero-order valence-corrected chi connectivity index (χ0v) is 14.7. The van der Waals surface area contributed by atoms with Crippen LogP contribution in [-0.2, 0) is 16.6 Å². The van der Waals surface area contributed by atoms with E-state index in [4.69, 9.17) is 5.84 Å². The first-order valence-electron chi connectivity index (χ1n) is 8.29. The topological polar surface area (TPSA) is 116 Å². The highest BCUT2D eigenvalue weighted by Crippen LogP contribution is 2.36. The minimum absolute atomic E-state index is 0.00171. The van der Waals surface area contributed by atoms with Crippen LogP contribution in [0.25, 0.3) is 10.9 Å². The highest BCUT2D eigenvalue weighted by molar-refractivity contribution is 7.89. The van der Waals surface area contributed by atoms with E-state index in [2.05, 4.69) is 4.72 Å². The van der Waals surface area contributed by atoms with E-state index in [9.17, 15) is 18.0 Å². The van der Waals surface area contributed by atoms with E-state index < -0.39 is 26.8 Å². The molecule has 1 heterocycles. The first kappa shape index (κ1) is 16.3. The van der Waals surface area contributed by atoms with E-state index in [1.807, 2.05) is 6.92 Å². The molecule has 0 bridgehead atoms. The molecule has 8 nitrogen and oxygen atoms in total. The first-order chi connectivity index (χ1) is 11.7. The van der Waals surface area contributed by atoms with Crippen molar-refractivity contribution in [3.63, 3.8) is 0 Å². The van der Waals surface area contributed by atoms with E-state index in [1.54, 1.807) is 0 Å². The number of hydrogen-bond acceptors (Lipinski definition) is 5. The van der Waals surface area contributed by atoms with Gasteiger partial charge in [-0.25, -0.2) is 17.9 Å². The summed E-state index contributed by atoms with van der Waals surface area (Å²) in [4.78, 5) is 24.7. The Bertz CT molecular complexity index is 1090. The second kappa shape index (κ2) is 5.18. The van der Waals surface area contributed by atoms with Gasteiger partial charge in [-0.1, -0.05) is 0 Å². The smallest absolute Gasteiger partial charge is 0.332 e. The van der Waals surface area contributed by atoms with Crippen molar-refractivity contribution >= 4 is 20.9 Å². The number of aromatic nitrogens is 2. The molecule has 2 saturated carbocycles. The molecule has 0 aliphatic heterocycles. The molecule has 0 atom stereocenters. The number of nitrogen functional groups attached to an aromatic ring is 1. The van der Waals surface area contributed by atoms with Crippen LogP contribution in [0.4, 0.5) is 0 Å². The van der Waals surface area contributed by atoms with Gasteiger partial charge in [0.15, 0.2) is 0 Å². The van der Waals surface area contributed by atoms with Crippen LogP contribution in [0.15, 0.2) is 32.7 Å². The van der Waals surface area contributed by atoms with Crippen molar-refractivity contribution in [2.45, 2.75) is 49.6 Å². The summed E-state index contributed by atoms with van der Waals surface area (Å²) in [5, 5.41) is 0.131. The predicted molar refractivity (Wildman–Crippen MR) is 93.3 cm³/mol. The Balaban J connectivity index is 1.88. The summed E-state index contributed by atoms with van der Waals surface area (Å²) in [6.07, 6.45) is 3.64. The number of nitrogens with zero attached hydrogens (tertiary/aromatic N) is 2. The van der Waals surface area contributed by atoms with E-state index in [-0.39, 0.29) is 10.3 Å². The molecule has 4 rings (SSSR count). The van der Waals surface area contributed by atoms with Crippen molar-refractivity contribution in [2.24, 2.45) is 5.92 Å². The van der Waals surface area contributed by atoms with Gasteiger partial charge < -0.3 is 5.84 Å². The van der Waals surface area contributed by atoms with Gasteiger partial charge in [0.05, 0.1) is 15.8 Å². The van der Waals surface area contributed by atoms with E-state index in [0.717, 1.165) is 25.7 Å². The molecule has 2 fully saturated rings. The summed E-state index contributed by atoms with van der Waals surface area (Å²) >= 11 is 0. The Labute approximate surface area is 144 Å². The Kier molecular flexibility index (Phi) is 3.39. The van der Waals surface area contributed by atoms with Gasteiger partial charge >= 0.3 is 5.69 Å². The molecular weight excluding hydrogens is 344 g/mol. The third-order valence-corrected chi connectivity index (χ3v) is 6.61. The van der Waals surface area contributed by atoms with Crippen molar-refractivity contribution in [3.05, 3.63) is 39.0 Å². The minimum Gasteiger partial charge on any atom is -0.332 e. The second-order valence-electron chi connectivity index (χ2n) is 7.36. The van der Waals surface area contributed by atoms with E-state index in [0.29, 0.717) is 22.7 Å². The van der Waals surface area contributed by atoms with Crippen molar-refractivity contribution in [2.75, 3.05) is 5.84 Å². The Morgan fingerprint density at radius 3 is 2.56 bits per heavy atom. The lowest BCUT2D eigenvalue weighted by molar-refractivity contribution is 0.558. The van der Waals surface area contributed by atoms with Gasteiger partial charge in [-0.15, -0.1) is 0 Å². The molecule has 25 heavy (non-hydrogen) atoms. The lowest BCUT2D eigenvalue weighted by Gasteiger charge is -2.14. The summed E-state index contributed by atoms with van der Waals surface area (Å²) in [6.45, 7) is 2.32. The molecule has 0 spiro atoms. The second-order valence-corrected chi connectivity index (χ2v) is 9.04. The van der Waals surface area contributed by atoms with Crippen LogP contribution >= 0.6 is 0 Å². The van der Waals surface area contributed by atoms with Crippen LogP contribution < -0.4 is 21.8 Å². The molecule has 2 aliphatic carbocycles. The summed E-state index contributed by atoms with van der Waals surface area (Å²) in [6, 6.07) is 4.25. The van der Waals surface area contributed by atoms with Gasteiger partial charge in [0.25, 0.3) is 5.56 Å². The van der Waals surface area contributed by atoms with Crippen LogP contribution in [-0.4, -0.2) is 23.2 Å². The van der Waals surface area contributed by atoms with Crippen molar-refractivity contribution in [3.8, 4) is 0 Å². The average molecular weight is 364 g/mol. The highest BCUT2D eigenvalue weighted by atomic mass is 32.2. The third-order valence-electron chi connectivity index (χ3n) is 4.97. The number of sulfonamides is 1. The molecule has 1 aromatic carbocycles. The van der Waals surface area contributed by atoms with Crippen LogP contribution in [0.2, 0.25) is 0 Å². The molecule has 0 amide bonds. The van der Waals surface area contributed by atoms with Crippen molar-refractivity contribution < 1.29 is 8.42 Å².